The molecular formula is C23H15NaO11. The Bertz CT molecular complexity index is 1420. The third-order valence-corrected chi connectivity index (χ3v) is 4.71. The number of rotatable bonds is 8. The van der Waals surface area contributed by atoms with E-state index in [0.717, 1.165) is 12.1 Å². The summed E-state index contributed by atoms with van der Waals surface area (Å²) in [6.07, 6.45) is -1.20. The van der Waals surface area contributed by atoms with E-state index in [4.69, 9.17) is 23.4 Å². The number of aliphatic hydroxyl groups is 1. The smallest absolute Gasteiger partial charge is 0.542 e. The van der Waals surface area contributed by atoms with Crippen LogP contribution in [0.4, 0.5) is 0 Å². The van der Waals surface area contributed by atoms with E-state index in [1.165, 1.54) is 36.4 Å². The molecule has 0 amide bonds. The molecule has 1 atom stereocenters. The molecule has 11 nitrogen and oxygen atoms in total. The molecule has 4 rings (SSSR count). The minimum absolute atomic E-state index is 0. The van der Waals surface area contributed by atoms with Crippen LogP contribution in [0.25, 0.3) is 21.9 Å². The molecule has 2 aromatic carbocycles. The van der Waals surface area contributed by atoms with Gasteiger partial charge in [0.25, 0.3) is 0 Å². The number of aromatic carboxylic acids is 2. The summed E-state index contributed by atoms with van der Waals surface area (Å²) in [6.45, 7) is -0.628. The SMILES string of the molecule is O=C([O-])c1cc(=O)c2c(OCC(O)COc3cccc4oc(C(=O)O)cc(=O)c34)cccc2o1.[Na+]. The third kappa shape index (κ3) is 5.54. The van der Waals surface area contributed by atoms with Gasteiger partial charge in [-0.3, -0.25) is 9.59 Å². The number of carboxylic acid groups (broad SMARTS) is 2. The number of benzene rings is 2. The predicted octanol–water partition coefficient (Wildman–Crippen LogP) is -2.22. The summed E-state index contributed by atoms with van der Waals surface area (Å²) in [5.41, 5.74) is -1.31. The van der Waals surface area contributed by atoms with Crippen LogP contribution >= 0.6 is 0 Å². The number of hydrogen-bond donors (Lipinski definition) is 2. The molecule has 174 valence electrons. The largest absolute Gasteiger partial charge is 1.00 e. The fourth-order valence-electron chi connectivity index (χ4n) is 3.22. The van der Waals surface area contributed by atoms with Gasteiger partial charge in [0.1, 0.15) is 58.7 Å². The maximum atomic E-state index is 12.3. The van der Waals surface area contributed by atoms with Crippen molar-refractivity contribution in [3.05, 3.63) is 80.5 Å². The van der Waals surface area contributed by atoms with Crippen molar-refractivity contribution in [2.24, 2.45) is 0 Å². The van der Waals surface area contributed by atoms with Crippen molar-refractivity contribution < 1.29 is 72.8 Å². The molecule has 0 aliphatic carbocycles. The van der Waals surface area contributed by atoms with Crippen LogP contribution in [0.2, 0.25) is 0 Å². The van der Waals surface area contributed by atoms with Crippen molar-refractivity contribution in [2.45, 2.75) is 6.10 Å². The Morgan fingerprint density at radius 2 is 1.31 bits per heavy atom. The summed E-state index contributed by atoms with van der Waals surface area (Å²) in [5, 5.41) is 30.3. The van der Waals surface area contributed by atoms with Crippen molar-refractivity contribution in [2.75, 3.05) is 13.2 Å². The second kappa shape index (κ2) is 10.7. The van der Waals surface area contributed by atoms with Crippen LogP contribution in [0.5, 0.6) is 11.5 Å². The number of aliphatic hydroxyl groups excluding tert-OH is 1. The van der Waals surface area contributed by atoms with Crippen molar-refractivity contribution in [1.82, 2.24) is 0 Å². The maximum absolute atomic E-state index is 12.3. The van der Waals surface area contributed by atoms with E-state index in [-0.39, 0.29) is 76.2 Å². The number of carboxylic acids is 2. The second-order valence-corrected chi connectivity index (χ2v) is 7.08. The molecule has 2 heterocycles. The predicted molar refractivity (Wildman–Crippen MR) is 113 cm³/mol. The summed E-state index contributed by atoms with van der Waals surface area (Å²) in [5.74, 6) is -4.05. The van der Waals surface area contributed by atoms with Gasteiger partial charge in [-0.05, 0) is 24.3 Å². The van der Waals surface area contributed by atoms with E-state index in [2.05, 4.69) is 0 Å². The molecule has 0 saturated carbocycles. The molecule has 0 fully saturated rings. The standard InChI is InChI=1S/C23H16O11.Na/c24-11(9-31-14-3-1-5-16-20(14)12(25)7-18(33-16)22(27)28)10-32-15-4-2-6-17-21(15)13(26)8-19(34-17)23(29)30;/h1-8,11,24H,9-10H2,(H,27,28)(H,29,30);/q;+1/p-1. The topological polar surface area (TPSA) is 177 Å². The molecule has 0 saturated heterocycles. The summed E-state index contributed by atoms with van der Waals surface area (Å²) in [4.78, 5) is 46.7. The van der Waals surface area contributed by atoms with Crippen LogP contribution in [0.3, 0.4) is 0 Å². The Hall–Kier alpha value is -3.64. The van der Waals surface area contributed by atoms with Gasteiger partial charge in [0.05, 0.1) is 0 Å². The van der Waals surface area contributed by atoms with E-state index in [9.17, 15) is 29.4 Å². The first kappa shape index (κ1) is 26.0. The normalized spacial score (nSPS) is 11.6. The Labute approximate surface area is 217 Å². The molecule has 35 heavy (non-hydrogen) atoms. The van der Waals surface area contributed by atoms with Crippen LogP contribution < -0.4 is 55.0 Å². The van der Waals surface area contributed by atoms with Gasteiger partial charge in [-0.2, -0.15) is 0 Å². The van der Waals surface area contributed by atoms with Crippen molar-refractivity contribution in [3.63, 3.8) is 0 Å². The van der Waals surface area contributed by atoms with Crippen LogP contribution in [0, 0.1) is 0 Å². The Morgan fingerprint density at radius 3 is 1.77 bits per heavy atom. The Balaban J connectivity index is 0.00000342. The van der Waals surface area contributed by atoms with E-state index < -0.39 is 40.4 Å². The van der Waals surface area contributed by atoms with Crippen LogP contribution in [-0.4, -0.2) is 41.5 Å². The zero-order chi connectivity index (χ0) is 24.4. The van der Waals surface area contributed by atoms with Gasteiger partial charge in [-0.25, -0.2) is 4.79 Å². The number of carbonyl (C=O) groups excluding carboxylic acids is 1. The molecule has 12 heteroatoms. The molecule has 2 N–H and O–H groups in total. The van der Waals surface area contributed by atoms with Crippen molar-refractivity contribution >= 4 is 33.9 Å². The molecule has 1 unspecified atom stereocenters. The Kier molecular flexibility index (Phi) is 7.97. The summed E-state index contributed by atoms with van der Waals surface area (Å²) < 4.78 is 21.3. The first-order chi connectivity index (χ1) is 16.2. The zero-order valence-corrected chi connectivity index (χ0v) is 20.2. The monoisotopic (exact) mass is 490 g/mol. The second-order valence-electron chi connectivity index (χ2n) is 7.08. The van der Waals surface area contributed by atoms with Crippen molar-refractivity contribution in [3.8, 4) is 11.5 Å². The molecule has 0 bridgehead atoms. The van der Waals surface area contributed by atoms with E-state index >= 15 is 0 Å². The van der Waals surface area contributed by atoms with Crippen LogP contribution in [0.1, 0.15) is 21.1 Å². The molecule has 0 aliphatic heterocycles. The average molecular weight is 490 g/mol. The molecule has 0 aliphatic rings. The van der Waals surface area contributed by atoms with Crippen molar-refractivity contribution in [1.29, 1.82) is 0 Å². The van der Waals surface area contributed by atoms with Gasteiger partial charge in [0.2, 0.25) is 5.76 Å². The third-order valence-electron chi connectivity index (χ3n) is 4.71. The summed E-state index contributed by atoms with van der Waals surface area (Å²) in [7, 11) is 0. The van der Waals surface area contributed by atoms with Crippen LogP contribution in [0.15, 0.2) is 67.0 Å². The molecule has 4 aromatic rings. The minimum Gasteiger partial charge on any atom is -0.542 e. The van der Waals surface area contributed by atoms with Gasteiger partial charge in [0, 0.05) is 12.1 Å². The first-order valence-electron chi connectivity index (χ1n) is 9.76. The Morgan fingerprint density at radius 1 is 0.857 bits per heavy atom. The molecular weight excluding hydrogens is 475 g/mol. The first-order valence-corrected chi connectivity index (χ1v) is 9.76. The molecule has 2 aromatic heterocycles. The number of carbonyl (C=O) groups is 2. The van der Waals surface area contributed by atoms with E-state index in [1.807, 2.05) is 0 Å². The van der Waals surface area contributed by atoms with E-state index in [1.54, 1.807) is 0 Å². The quantitative estimate of drug-likeness (QED) is 0.256. The molecule has 0 spiro atoms. The average Bonchev–Trinajstić information content (AvgIpc) is 2.80. The van der Waals surface area contributed by atoms with Gasteiger partial charge in [-0.15, -0.1) is 0 Å². The maximum Gasteiger partial charge on any atom is 1.00 e. The number of ether oxygens (including phenoxy) is 2. The van der Waals surface area contributed by atoms with Gasteiger partial charge in [0.15, 0.2) is 16.6 Å². The van der Waals surface area contributed by atoms with E-state index in [0.29, 0.717) is 0 Å². The summed E-state index contributed by atoms with van der Waals surface area (Å²) >= 11 is 0. The number of fused-ring (bicyclic) bond motifs is 2. The fraction of sp³-hybridized carbons (Fsp3) is 0.130. The number of hydrogen-bond acceptors (Lipinski definition) is 10. The molecule has 0 radical (unpaired) electrons. The van der Waals surface area contributed by atoms with Gasteiger partial charge >= 0.3 is 35.5 Å². The zero-order valence-electron chi connectivity index (χ0n) is 18.2. The van der Waals surface area contributed by atoms with Gasteiger partial charge < -0.3 is 38.4 Å². The fourth-order valence-corrected chi connectivity index (χ4v) is 3.22. The summed E-state index contributed by atoms with van der Waals surface area (Å²) in [6, 6.07) is 10.3. The minimum atomic E-state index is -1.64. The van der Waals surface area contributed by atoms with Crippen LogP contribution in [-0.2, 0) is 0 Å². The van der Waals surface area contributed by atoms with Gasteiger partial charge in [-0.1, -0.05) is 12.1 Å².